The average Bonchev–Trinajstić information content (AvgIpc) is 3.15. The predicted octanol–water partition coefficient (Wildman–Crippen LogP) is 5.92. The molecular weight excluding hydrogens is 702 g/mol. The van der Waals surface area contributed by atoms with Crippen LogP contribution in [0.4, 0.5) is 21.9 Å². The first-order chi connectivity index (χ1) is 25.7. The fourth-order valence-corrected chi connectivity index (χ4v) is 6.64. The number of carbonyl (C=O) groups excluding carboxylic acids is 3. The molecule has 0 aromatic heterocycles. The Balaban J connectivity index is 0.938. The molecule has 1 atom stereocenters. The lowest BCUT2D eigenvalue weighted by Gasteiger charge is -2.31. The molecule has 14 heteroatoms. The Bertz CT molecular complexity index is 1940. The number of nitrogens with zero attached hydrogens (tertiary/aromatic N) is 1. The van der Waals surface area contributed by atoms with Crippen LogP contribution in [0.5, 0.6) is 17.2 Å². The van der Waals surface area contributed by atoms with Gasteiger partial charge in [-0.1, -0.05) is 60.1 Å². The van der Waals surface area contributed by atoms with Crippen LogP contribution in [0.2, 0.25) is 5.02 Å². The molecule has 1 saturated heterocycles. The summed E-state index contributed by atoms with van der Waals surface area (Å²) in [5.74, 6) is 0.121. The molecule has 13 nitrogen and oxygen atoms in total. The van der Waals surface area contributed by atoms with Gasteiger partial charge in [-0.25, -0.2) is 4.79 Å². The van der Waals surface area contributed by atoms with Crippen LogP contribution in [-0.2, 0) is 20.9 Å². The average molecular weight is 744 g/mol. The highest BCUT2D eigenvalue weighted by Crippen LogP contribution is 2.39. The number of methoxy groups -OCH3 is 1. The highest BCUT2D eigenvalue weighted by Gasteiger charge is 2.25. The highest BCUT2D eigenvalue weighted by atomic mass is 35.5. The van der Waals surface area contributed by atoms with Crippen LogP contribution >= 0.6 is 11.6 Å². The molecule has 3 amide bonds. The minimum Gasteiger partial charge on any atom is -0.508 e. The number of hydrogen-bond donors (Lipinski definition) is 6. The smallest absolute Gasteiger partial charge is 0.411 e. The van der Waals surface area contributed by atoms with E-state index in [1.165, 1.54) is 19.2 Å². The van der Waals surface area contributed by atoms with Gasteiger partial charge in [-0.15, -0.1) is 0 Å². The zero-order chi connectivity index (χ0) is 37.3. The van der Waals surface area contributed by atoms with Crippen LogP contribution in [-0.4, -0.2) is 79.0 Å². The van der Waals surface area contributed by atoms with Gasteiger partial charge < -0.3 is 45.3 Å². The summed E-state index contributed by atoms with van der Waals surface area (Å²) < 4.78 is 16.8. The third-order valence-electron chi connectivity index (χ3n) is 9.09. The van der Waals surface area contributed by atoms with Crippen molar-refractivity contribution in [1.29, 1.82) is 0 Å². The Kier molecular flexibility index (Phi) is 12.3. The summed E-state index contributed by atoms with van der Waals surface area (Å²) >= 11 is 6.56. The van der Waals surface area contributed by atoms with E-state index < -0.39 is 12.2 Å². The molecule has 0 saturated carbocycles. The summed E-state index contributed by atoms with van der Waals surface area (Å²) in [4.78, 5) is 39.5. The number of halogens is 1. The molecule has 2 aliphatic rings. The lowest BCUT2D eigenvalue weighted by molar-refractivity contribution is -0.119. The number of benzene rings is 4. The number of aliphatic hydroxyl groups excluding tert-OH is 1. The third kappa shape index (κ3) is 9.76. The number of likely N-dealkylation sites (tertiary alicyclic amines) is 1. The van der Waals surface area contributed by atoms with E-state index in [-0.39, 0.29) is 49.8 Å². The van der Waals surface area contributed by atoms with Gasteiger partial charge in [0.1, 0.15) is 23.4 Å². The van der Waals surface area contributed by atoms with Crippen molar-refractivity contribution >= 4 is 46.6 Å². The molecule has 4 aromatic carbocycles. The van der Waals surface area contributed by atoms with Gasteiger partial charge in [-0.05, 0) is 36.6 Å². The Hall–Kier alpha value is -5.34. The third-order valence-corrected chi connectivity index (χ3v) is 9.41. The normalized spacial score (nSPS) is 15.0. The number of nitrogens with one attached hydrogen (secondary N) is 4. The SMILES string of the molecule is COc1cc(NC(=O)CCN2CCC(OC(=O)Nc3ccccc3-c3ccccc3)CC2)c(Cl)cc1CNCC(O)c1cc(O)cc2c1OCC(=O)N2. The first-order valence-corrected chi connectivity index (χ1v) is 17.7. The van der Waals surface area contributed by atoms with Crippen LogP contribution in [0.3, 0.4) is 0 Å². The molecule has 1 fully saturated rings. The van der Waals surface area contributed by atoms with Crippen molar-refractivity contribution < 1.29 is 38.8 Å². The van der Waals surface area contributed by atoms with Crippen molar-refractivity contribution in [3.05, 3.63) is 95.0 Å². The number of rotatable bonds is 13. The summed E-state index contributed by atoms with van der Waals surface area (Å²) in [5, 5.41) is 32.8. The van der Waals surface area contributed by atoms with Crippen molar-refractivity contribution in [3.63, 3.8) is 0 Å². The van der Waals surface area contributed by atoms with E-state index in [4.69, 9.17) is 25.8 Å². The fraction of sp³-hybridized carbons (Fsp3) is 0.308. The molecule has 2 heterocycles. The number of aliphatic hydroxyl groups is 1. The first-order valence-electron chi connectivity index (χ1n) is 17.4. The van der Waals surface area contributed by atoms with Crippen molar-refractivity contribution in [2.45, 2.75) is 38.0 Å². The number of ether oxygens (including phenoxy) is 3. The van der Waals surface area contributed by atoms with Crippen molar-refractivity contribution in [3.8, 4) is 28.4 Å². The first kappa shape index (κ1) is 37.4. The highest BCUT2D eigenvalue weighted by molar-refractivity contribution is 6.33. The standard InChI is InChI=1S/C39H42ClN5O8/c1-51-35-20-32(30(40)17-25(35)21-41-22-34(47)29-18-26(46)19-33-38(29)52-23-37(49)43-33)42-36(48)13-16-45-14-11-27(12-15-45)53-39(50)44-31-10-6-5-9-28(31)24-7-3-2-4-8-24/h2-10,17-20,27,34,41,46-47H,11-16,21-23H2,1H3,(H,42,48)(H,43,49)(H,44,50). The largest absolute Gasteiger partial charge is 0.508 e. The van der Waals surface area contributed by atoms with Gasteiger partial charge in [0.05, 0.1) is 35.3 Å². The summed E-state index contributed by atoms with van der Waals surface area (Å²) in [6.45, 7) is 2.09. The molecule has 0 radical (unpaired) electrons. The Morgan fingerprint density at radius 3 is 2.55 bits per heavy atom. The zero-order valence-corrected chi connectivity index (χ0v) is 29.9. The minimum atomic E-state index is -1.06. The predicted molar refractivity (Wildman–Crippen MR) is 202 cm³/mol. The second-order valence-corrected chi connectivity index (χ2v) is 13.2. The van der Waals surface area contributed by atoms with E-state index in [2.05, 4.69) is 26.2 Å². The number of para-hydroxylation sites is 1. The van der Waals surface area contributed by atoms with E-state index in [0.29, 0.717) is 77.2 Å². The topological polar surface area (TPSA) is 171 Å². The Labute approximate surface area is 312 Å². The number of fused-ring (bicyclic) bond motifs is 1. The summed E-state index contributed by atoms with van der Waals surface area (Å²) in [7, 11) is 1.51. The van der Waals surface area contributed by atoms with Gasteiger partial charge in [0, 0.05) is 68.0 Å². The number of carbonyl (C=O) groups is 3. The number of phenolic OH excluding ortho intramolecular Hbond substituents is 1. The number of phenols is 1. The number of aromatic hydroxyl groups is 1. The van der Waals surface area contributed by atoms with Gasteiger partial charge in [0.25, 0.3) is 5.91 Å². The lowest BCUT2D eigenvalue weighted by atomic mass is 10.0. The summed E-state index contributed by atoms with van der Waals surface area (Å²) in [5.41, 5.74) is 4.33. The lowest BCUT2D eigenvalue weighted by Crippen LogP contribution is -2.39. The monoisotopic (exact) mass is 743 g/mol. The minimum absolute atomic E-state index is 0.0896. The molecule has 2 aliphatic heterocycles. The zero-order valence-electron chi connectivity index (χ0n) is 29.2. The number of hydrogen-bond acceptors (Lipinski definition) is 10. The van der Waals surface area contributed by atoms with Crippen molar-refractivity contribution in [2.24, 2.45) is 0 Å². The summed E-state index contributed by atoms with van der Waals surface area (Å²) in [6, 6.07) is 23.5. The molecule has 6 rings (SSSR count). The quantitative estimate of drug-likeness (QED) is 0.0967. The molecule has 4 aromatic rings. The van der Waals surface area contributed by atoms with E-state index in [9.17, 15) is 24.6 Å². The van der Waals surface area contributed by atoms with E-state index >= 15 is 0 Å². The molecular formula is C39H42ClN5O8. The molecule has 6 N–H and O–H groups in total. The Morgan fingerprint density at radius 1 is 1.02 bits per heavy atom. The molecule has 278 valence electrons. The second-order valence-electron chi connectivity index (χ2n) is 12.8. The number of amides is 3. The molecule has 53 heavy (non-hydrogen) atoms. The van der Waals surface area contributed by atoms with E-state index in [1.54, 1.807) is 12.1 Å². The van der Waals surface area contributed by atoms with Gasteiger partial charge in [-0.2, -0.15) is 0 Å². The molecule has 0 spiro atoms. The summed E-state index contributed by atoms with van der Waals surface area (Å²) in [6.07, 6.45) is -0.204. The Morgan fingerprint density at radius 2 is 1.77 bits per heavy atom. The molecule has 0 aliphatic carbocycles. The van der Waals surface area contributed by atoms with Crippen LogP contribution in [0, 0.1) is 0 Å². The number of piperidine rings is 1. The van der Waals surface area contributed by atoms with Gasteiger partial charge >= 0.3 is 6.09 Å². The van der Waals surface area contributed by atoms with Crippen molar-refractivity contribution in [2.75, 3.05) is 55.8 Å². The van der Waals surface area contributed by atoms with Crippen LogP contribution in [0.15, 0.2) is 78.9 Å². The van der Waals surface area contributed by atoms with Crippen molar-refractivity contribution in [1.82, 2.24) is 10.2 Å². The van der Waals surface area contributed by atoms with Crippen LogP contribution < -0.4 is 30.7 Å². The van der Waals surface area contributed by atoms with E-state index in [1.807, 2.05) is 54.6 Å². The van der Waals surface area contributed by atoms with Crippen LogP contribution in [0.1, 0.15) is 36.5 Å². The maximum absolute atomic E-state index is 12.9. The maximum Gasteiger partial charge on any atom is 0.411 e. The van der Waals surface area contributed by atoms with Gasteiger partial charge in [0.15, 0.2) is 6.61 Å². The van der Waals surface area contributed by atoms with Gasteiger partial charge in [0.2, 0.25) is 5.91 Å². The second kappa shape index (κ2) is 17.5. The maximum atomic E-state index is 12.9. The number of anilines is 3. The molecule has 1 unspecified atom stereocenters. The molecule has 0 bridgehead atoms. The van der Waals surface area contributed by atoms with Gasteiger partial charge in [-0.3, -0.25) is 14.9 Å². The van der Waals surface area contributed by atoms with E-state index in [0.717, 1.165) is 11.1 Å². The fourth-order valence-electron chi connectivity index (χ4n) is 6.41. The van der Waals surface area contributed by atoms with Crippen LogP contribution in [0.25, 0.3) is 11.1 Å².